The molecule has 2 rings (SSSR count). The first-order valence-corrected chi connectivity index (χ1v) is 6.73. The van der Waals surface area contributed by atoms with Gasteiger partial charge in [0, 0.05) is 32.0 Å². The first kappa shape index (κ1) is 13.8. The van der Waals surface area contributed by atoms with Crippen LogP contribution in [0.1, 0.15) is 37.0 Å². The SMILES string of the molecule is CCNc1ccncc1C(=O)N1CCCC(C)(O)C1. The van der Waals surface area contributed by atoms with E-state index in [-0.39, 0.29) is 5.91 Å². The monoisotopic (exact) mass is 263 g/mol. The normalized spacial score (nSPS) is 23.2. The molecule has 0 spiro atoms. The maximum atomic E-state index is 12.5. The molecule has 1 atom stereocenters. The molecule has 0 saturated carbocycles. The summed E-state index contributed by atoms with van der Waals surface area (Å²) in [5, 5.41) is 13.3. The molecule has 0 bridgehead atoms. The van der Waals surface area contributed by atoms with Crippen molar-refractivity contribution < 1.29 is 9.90 Å². The van der Waals surface area contributed by atoms with Crippen LogP contribution in [0.25, 0.3) is 0 Å². The van der Waals surface area contributed by atoms with E-state index in [1.165, 1.54) is 0 Å². The fourth-order valence-electron chi connectivity index (χ4n) is 2.47. The number of hydrogen-bond donors (Lipinski definition) is 2. The number of pyridine rings is 1. The lowest BCUT2D eigenvalue weighted by Gasteiger charge is -2.37. The van der Waals surface area contributed by atoms with E-state index in [9.17, 15) is 9.90 Å². The summed E-state index contributed by atoms with van der Waals surface area (Å²) in [7, 11) is 0. The van der Waals surface area contributed by atoms with Crippen molar-refractivity contribution in [1.29, 1.82) is 0 Å². The number of carbonyl (C=O) groups excluding carboxylic acids is 1. The Morgan fingerprint density at radius 3 is 3.11 bits per heavy atom. The summed E-state index contributed by atoms with van der Waals surface area (Å²) in [4.78, 5) is 18.3. The number of nitrogens with zero attached hydrogens (tertiary/aromatic N) is 2. The summed E-state index contributed by atoms with van der Waals surface area (Å²) >= 11 is 0. The van der Waals surface area contributed by atoms with Gasteiger partial charge in [0.1, 0.15) is 0 Å². The molecule has 1 aliphatic rings. The Bertz CT molecular complexity index is 460. The molecule has 2 heterocycles. The van der Waals surface area contributed by atoms with E-state index in [0.717, 1.165) is 25.1 Å². The highest BCUT2D eigenvalue weighted by Crippen LogP contribution is 2.23. The van der Waals surface area contributed by atoms with Crippen LogP contribution in [-0.2, 0) is 0 Å². The number of amides is 1. The van der Waals surface area contributed by atoms with Gasteiger partial charge in [0.25, 0.3) is 5.91 Å². The van der Waals surface area contributed by atoms with Gasteiger partial charge in [-0.1, -0.05) is 0 Å². The Kier molecular flexibility index (Phi) is 4.04. The average molecular weight is 263 g/mol. The number of hydrogen-bond acceptors (Lipinski definition) is 4. The van der Waals surface area contributed by atoms with E-state index in [1.807, 2.05) is 6.92 Å². The predicted octanol–water partition coefficient (Wildman–Crippen LogP) is 1.50. The van der Waals surface area contributed by atoms with Crippen LogP contribution in [0.2, 0.25) is 0 Å². The van der Waals surface area contributed by atoms with Gasteiger partial charge in [0.15, 0.2) is 0 Å². The summed E-state index contributed by atoms with van der Waals surface area (Å²) in [5.41, 5.74) is 0.587. The van der Waals surface area contributed by atoms with Crippen molar-refractivity contribution in [2.24, 2.45) is 0 Å². The van der Waals surface area contributed by atoms with Crippen LogP contribution in [-0.4, -0.2) is 46.1 Å². The number of piperidine rings is 1. The number of anilines is 1. The molecule has 1 aromatic rings. The molecule has 2 N–H and O–H groups in total. The highest BCUT2D eigenvalue weighted by Gasteiger charge is 2.32. The molecular weight excluding hydrogens is 242 g/mol. The third-order valence-corrected chi connectivity index (χ3v) is 3.38. The first-order chi connectivity index (χ1) is 9.03. The Labute approximate surface area is 113 Å². The Morgan fingerprint density at radius 1 is 1.63 bits per heavy atom. The van der Waals surface area contributed by atoms with Crippen molar-refractivity contribution in [2.45, 2.75) is 32.3 Å². The number of aromatic nitrogens is 1. The summed E-state index contributed by atoms with van der Waals surface area (Å²) in [6, 6.07) is 1.80. The molecule has 19 heavy (non-hydrogen) atoms. The number of aliphatic hydroxyl groups is 1. The largest absolute Gasteiger partial charge is 0.388 e. The predicted molar refractivity (Wildman–Crippen MR) is 74.2 cm³/mol. The highest BCUT2D eigenvalue weighted by atomic mass is 16.3. The molecular formula is C14H21N3O2. The molecule has 1 aromatic heterocycles. The molecule has 5 nitrogen and oxygen atoms in total. The fraction of sp³-hybridized carbons (Fsp3) is 0.571. The molecule has 5 heteroatoms. The summed E-state index contributed by atoms with van der Waals surface area (Å²) in [6.45, 7) is 5.59. The topological polar surface area (TPSA) is 65.5 Å². The van der Waals surface area contributed by atoms with Gasteiger partial charge in [-0.05, 0) is 32.8 Å². The highest BCUT2D eigenvalue weighted by molar-refractivity contribution is 5.99. The number of carbonyl (C=O) groups is 1. The standard InChI is InChI=1S/C14H21N3O2/c1-3-16-12-5-7-15-9-11(12)13(18)17-8-4-6-14(2,19)10-17/h5,7,9,19H,3-4,6,8,10H2,1-2H3,(H,15,16). The van der Waals surface area contributed by atoms with Crippen LogP contribution in [0.5, 0.6) is 0 Å². The van der Waals surface area contributed by atoms with E-state index in [4.69, 9.17) is 0 Å². The maximum Gasteiger partial charge on any atom is 0.257 e. The third kappa shape index (κ3) is 3.23. The van der Waals surface area contributed by atoms with Crippen molar-refractivity contribution in [3.63, 3.8) is 0 Å². The second-order valence-corrected chi connectivity index (χ2v) is 5.28. The minimum Gasteiger partial charge on any atom is -0.388 e. The van der Waals surface area contributed by atoms with Crippen molar-refractivity contribution >= 4 is 11.6 Å². The minimum absolute atomic E-state index is 0.0657. The second kappa shape index (κ2) is 5.57. The summed E-state index contributed by atoms with van der Waals surface area (Å²) < 4.78 is 0. The van der Waals surface area contributed by atoms with Crippen molar-refractivity contribution in [1.82, 2.24) is 9.88 Å². The Hall–Kier alpha value is -1.62. The third-order valence-electron chi connectivity index (χ3n) is 3.38. The first-order valence-electron chi connectivity index (χ1n) is 6.73. The van der Waals surface area contributed by atoms with E-state index in [0.29, 0.717) is 18.7 Å². The van der Waals surface area contributed by atoms with Gasteiger partial charge in [-0.25, -0.2) is 0 Å². The van der Waals surface area contributed by atoms with E-state index < -0.39 is 5.60 Å². The van der Waals surface area contributed by atoms with Gasteiger partial charge in [-0.15, -0.1) is 0 Å². The van der Waals surface area contributed by atoms with E-state index in [2.05, 4.69) is 10.3 Å². The molecule has 1 aliphatic heterocycles. The van der Waals surface area contributed by atoms with Gasteiger partial charge in [0.05, 0.1) is 16.9 Å². The average Bonchev–Trinajstić information content (AvgIpc) is 2.38. The fourth-order valence-corrected chi connectivity index (χ4v) is 2.47. The molecule has 104 valence electrons. The van der Waals surface area contributed by atoms with Gasteiger partial charge in [0.2, 0.25) is 0 Å². The van der Waals surface area contributed by atoms with Gasteiger partial charge in [-0.2, -0.15) is 0 Å². The van der Waals surface area contributed by atoms with Crippen LogP contribution in [0, 0.1) is 0 Å². The number of rotatable bonds is 3. The van der Waals surface area contributed by atoms with Crippen molar-refractivity contribution in [3.8, 4) is 0 Å². The van der Waals surface area contributed by atoms with Crippen molar-refractivity contribution in [3.05, 3.63) is 24.0 Å². The number of likely N-dealkylation sites (tertiary alicyclic amines) is 1. The van der Waals surface area contributed by atoms with Gasteiger partial charge < -0.3 is 15.3 Å². The second-order valence-electron chi connectivity index (χ2n) is 5.28. The minimum atomic E-state index is -0.783. The summed E-state index contributed by atoms with van der Waals surface area (Å²) in [5.74, 6) is -0.0657. The molecule has 0 aliphatic carbocycles. The smallest absolute Gasteiger partial charge is 0.257 e. The number of nitrogens with one attached hydrogen (secondary N) is 1. The van der Waals surface area contributed by atoms with Crippen LogP contribution >= 0.6 is 0 Å². The van der Waals surface area contributed by atoms with Crippen LogP contribution < -0.4 is 5.32 Å². The van der Waals surface area contributed by atoms with Gasteiger partial charge >= 0.3 is 0 Å². The Morgan fingerprint density at radius 2 is 2.42 bits per heavy atom. The molecule has 1 fully saturated rings. The molecule has 1 amide bonds. The quantitative estimate of drug-likeness (QED) is 0.867. The lowest BCUT2D eigenvalue weighted by molar-refractivity contribution is -0.0107. The van der Waals surface area contributed by atoms with Crippen LogP contribution in [0.15, 0.2) is 18.5 Å². The van der Waals surface area contributed by atoms with Crippen LogP contribution in [0.4, 0.5) is 5.69 Å². The zero-order valence-corrected chi connectivity index (χ0v) is 11.5. The summed E-state index contributed by atoms with van der Waals surface area (Å²) in [6.07, 6.45) is 4.82. The molecule has 1 saturated heterocycles. The number of β-amino-alcohol motifs (C(OH)–C–C–N with tert-alkyl or cyclic N) is 1. The molecule has 0 radical (unpaired) electrons. The maximum absolute atomic E-state index is 12.5. The Balaban J connectivity index is 2.19. The van der Waals surface area contributed by atoms with E-state index in [1.54, 1.807) is 30.3 Å². The van der Waals surface area contributed by atoms with Crippen LogP contribution in [0.3, 0.4) is 0 Å². The van der Waals surface area contributed by atoms with E-state index >= 15 is 0 Å². The molecule has 0 aromatic carbocycles. The zero-order valence-electron chi connectivity index (χ0n) is 11.5. The van der Waals surface area contributed by atoms with Gasteiger partial charge in [-0.3, -0.25) is 9.78 Å². The van der Waals surface area contributed by atoms with Crippen molar-refractivity contribution in [2.75, 3.05) is 25.0 Å². The molecule has 1 unspecified atom stereocenters. The lowest BCUT2D eigenvalue weighted by Crippen LogP contribution is -2.48. The zero-order chi connectivity index (χ0) is 13.9. The lowest BCUT2D eigenvalue weighted by atomic mass is 9.94.